The topological polar surface area (TPSA) is 102 Å². The number of fused-ring (bicyclic) bond motifs is 1. The quantitative estimate of drug-likeness (QED) is 0.620. The van der Waals surface area contributed by atoms with Gasteiger partial charge in [0.2, 0.25) is 0 Å². The fourth-order valence-corrected chi connectivity index (χ4v) is 4.33. The van der Waals surface area contributed by atoms with Crippen LogP contribution in [0.1, 0.15) is 58.1 Å². The number of hydrogen-bond acceptors (Lipinski definition) is 6. The predicted octanol–water partition coefficient (Wildman–Crippen LogP) is 2.74. The van der Waals surface area contributed by atoms with Crippen LogP contribution in [0, 0.1) is 6.92 Å². The van der Waals surface area contributed by atoms with Gasteiger partial charge in [-0.2, -0.15) is 18.3 Å². The average molecular weight is 461 g/mol. The molecule has 33 heavy (non-hydrogen) atoms. The minimum Gasteiger partial charge on any atom is -0.388 e. The van der Waals surface area contributed by atoms with Crippen molar-refractivity contribution in [1.82, 2.24) is 24.9 Å². The SMILES string of the molecule is Cc1nn2cc(C3CC3)cnc2c1C(=O)N[C@]1(c2ccc(C(F)(F)F)nc2)CCOCC1O. The Hall–Kier alpha value is -3.05. The molecule has 2 aliphatic rings. The van der Waals surface area contributed by atoms with Crippen LogP contribution in [0.3, 0.4) is 0 Å². The molecule has 0 spiro atoms. The van der Waals surface area contributed by atoms with E-state index in [1.807, 2.05) is 6.20 Å². The summed E-state index contributed by atoms with van der Waals surface area (Å²) >= 11 is 0. The van der Waals surface area contributed by atoms with Crippen molar-refractivity contribution in [3.05, 3.63) is 58.8 Å². The molecule has 1 amide bonds. The molecular weight excluding hydrogens is 439 g/mol. The fourth-order valence-electron chi connectivity index (χ4n) is 4.33. The Morgan fingerprint density at radius 3 is 2.70 bits per heavy atom. The molecule has 4 heterocycles. The summed E-state index contributed by atoms with van der Waals surface area (Å²) in [7, 11) is 0. The van der Waals surface area contributed by atoms with Crippen molar-refractivity contribution in [2.24, 2.45) is 0 Å². The van der Waals surface area contributed by atoms with Crippen LogP contribution in [0.4, 0.5) is 13.2 Å². The third kappa shape index (κ3) is 3.84. The van der Waals surface area contributed by atoms with E-state index in [0.29, 0.717) is 17.3 Å². The zero-order valence-corrected chi connectivity index (χ0v) is 17.8. The minimum atomic E-state index is -4.59. The van der Waals surface area contributed by atoms with Crippen LogP contribution in [0.2, 0.25) is 0 Å². The third-order valence-electron chi connectivity index (χ3n) is 6.33. The lowest BCUT2D eigenvalue weighted by atomic mass is 9.80. The lowest BCUT2D eigenvalue weighted by molar-refractivity contribution is -0.141. The van der Waals surface area contributed by atoms with Gasteiger partial charge in [0.25, 0.3) is 5.91 Å². The van der Waals surface area contributed by atoms with Crippen LogP contribution in [0.15, 0.2) is 30.7 Å². The number of rotatable bonds is 4. The van der Waals surface area contributed by atoms with Gasteiger partial charge < -0.3 is 15.2 Å². The Kier molecular flexibility index (Phi) is 5.13. The molecule has 0 aromatic carbocycles. The number of halogens is 3. The van der Waals surface area contributed by atoms with Crippen molar-refractivity contribution in [3.8, 4) is 0 Å². The number of nitrogens with zero attached hydrogens (tertiary/aromatic N) is 4. The highest BCUT2D eigenvalue weighted by molar-refractivity contribution is 6.01. The normalized spacial score (nSPS) is 23.6. The highest BCUT2D eigenvalue weighted by Crippen LogP contribution is 2.40. The number of ether oxygens (including phenoxy) is 1. The van der Waals surface area contributed by atoms with Gasteiger partial charge in [0.15, 0.2) is 5.65 Å². The molecule has 2 N–H and O–H groups in total. The minimum absolute atomic E-state index is 0.0853. The number of aromatic nitrogens is 4. The van der Waals surface area contributed by atoms with Gasteiger partial charge in [-0.3, -0.25) is 9.78 Å². The van der Waals surface area contributed by atoms with Gasteiger partial charge in [0.1, 0.15) is 17.4 Å². The number of aryl methyl sites for hydroxylation is 1. The second-order valence-corrected chi connectivity index (χ2v) is 8.59. The Balaban J connectivity index is 1.51. The standard InChI is InChI=1S/C22H22F3N5O3/c1-12-18(19-27-8-14(13-2-3-13)10-30(19)29-12)20(32)28-21(6-7-33-11-17(21)31)15-4-5-16(26-9-15)22(23,24)25/h4-5,8-10,13,17,31H,2-3,6-7,11H2,1H3,(H,28,32)/t17?,21-/m0/s1. The molecule has 0 bridgehead atoms. The number of amides is 1. The van der Waals surface area contributed by atoms with E-state index in [-0.39, 0.29) is 30.8 Å². The van der Waals surface area contributed by atoms with E-state index in [1.165, 1.54) is 6.07 Å². The van der Waals surface area contributed by atoms with Crippen LogP contribution in [0.5, 0.6) is 0 Å². The first-order valence-electron chi connectivity index (χ1n) is 10.7. The van der Waals surface area contributed by atoms with Crippen LogP contribution in [0.25, 0.3) is 5.65 Å². The number of aliphatic hydroxyl groups excluding tert-OH is 1. The van der Waals surface area contributed by atoms with E-state index < -0.39 is 29.4 Å². The molecule has 1 aliphatic heterocycles. The zero-order chi connectivity index (χ0) is 23.4. The summed E-state index contributed by atoms with van der Waals surface area (Å²) in [6, 6.07) is 2.07. The first-order chi connectivity index (χ1) is 15.7. The summed E-state index contributed by atoms with van der Waals surface area (Å²) in [6.07, 6.45) is 1.22. The highest BCUT2D eigenvalue weighted by Gasteiger charge is 2.45. The summed E-state index contributed by atoms with van der Waals surface area (Å²) in [5, 5.41) is 18.1. The molecule has 1 aliphatic carbocycles. The van der Waals surface area contributed by atoms with Crippen LogP contribution >= 0.6 is 0 Å². The number of carbonyl (C=O) groups excluding carboxylic acids is 1. The molecule has 11 heteroatoms. The molecule has 2 fully saturated rings. The Morgan fingerprint density at radius 1 is 1.27 bits per heavy atom. The third-order valence-corrected chi connectivity index (χ3v) is 6.33. The maximum Gasteiger partial charge on any atom is 0.433 e. The fraction of sp³-hybridized carbons (Fsp3) is 0.455. The maximum atomic E-state index is 13.4. The molecule has 0 radical (unpaired) electrons. The van der Waals surface area contributed by atoms with Gasteiger partial charge >= 0.3 is 6.18 Å². The van der Waals surface area contributed by atoms with Gasteiger partial charge in [-0.1, -0.05) is 6.07 Å². The number of hydrogen-bond donors (Lipinski definition) is 2. The lowest BCUT2D eigenvalue weighted by Crippen LogP contribution is -2.58. The first-order valence-corrected chi connectivity index (χ1v) is 10.7. The van der Waals surface area contributed by atoms with Crippen molar-refractivity contribution in [2.45, 2.75) is 49.9 Å². The van der Waals surface area contributed by atoms with E-state index in [4.69, 9.17) is 4.74 Å². The van der Waals surface area contributed by atoms with E-state index in [0.717, 1.165) is 30.7 Å². The summed E-state index contributed by atoms with van der Waals surface area (Å²) in [6.45, 7) is 1.81. The van der Waals surface area contributed by atoms with Gasteiger partial charge in [-0.15, -0.1) is 0 Å². The van der Waals surface area contributed by atoms with Crippen molar-refractivity contribution in [2.75, 3.05) is 13.2 Å². The summed E-state index contributed by atoms with van der Waals surface area (Å²) in [5.74, 6) is -0.0634. The highest BCUT2D eigenvalue weighted by atomic mass is 19.4. The summed E-state index contributed by atoms with van der Waals surface area (Å²) in [5.41, 5.74) is -0.0337. The molecule has 3 aromatic rings. The van der Waals surface area contributed by atoms with Crippen molar-refractivity contribution < 1.29 is 27.8 Å². The van der Waals surface area contributed by atoms with Gasteiger partial charge in [0.05, 0.1) is 17.8 Å². The number of carbonyl (C=O) groups is 1. The summed E-state index contributed by atoms with van der Waals surface area (Å²) < 4.78 is 45.8. The van der Waals surface area contributed by atoms with Crippen molar-refractivity contribution in [1.29, 1.82) is 0 Å². The van der Waals surface area contributed by atoms with Gasteiger partial charge in [-0.05, 0) is 42.9 Å². The van der Waals surface area contributed by atoms with Gasteiger partial charge in [0, 0.05) is 31.6 Å². The van der Waals surface area contributed by atoms with E-state index >= 15 is 0 Å². The zero-order valence-electron chi connectivity index (χ0n) is 17.8. The molecule has 2 atom stereocenters. The van der Waals surface area contributed by atoms with E-state index in [9.17, 15) is 23.1 Å². The molecule has 5 rings (SSSR count). The Bertz CT molecular complexity index is 1210. The van der Waals surface area contributed by atoms with Crippen LogP contribution in [-0.2, 0) is 16.5 Å². The monoisotopic (exact) mass is 461 g/mol. The van der Waals surface area contributed by atoms with Crippen LogP contribution < -0.4 is 5.32 Å². The first kappa shape index (κ1) is 21.8. The number of alkyl halides is 3. The van der Waals surface area contributed by atoms with E-state index in [1.54, 1.807) is 17.6 Å². The second kappa shape index (κ2) is 7.77. The maximum absolute atomic E-state index is 13.4. The lowest BCUT2D eigenvalue weighted by Gasteiger charge is -2.42. The predicted molar refractivity (Wildman–Crippen MR) is 110 cm³/mol. The molecule has 1 unspecified atom stereocenters. The number of aliphatic hydroxyl groups is 1. The van der Waals surface area contributed by atoms with Crippen molar-refractivity contribution >= 4 is 11.6 Å². The summed E-state index contributed by atoms with van der Waals surface area (Å²) in [4.78, 5) is 21.4. The molecular formula is C22H22F3N5O3. The van der Waals surface area contributed by atoms with Crippen LogP contribution in [-0.4, -0.2) is 49.9 Å². The Labute approximate surface area is 186 Å². The molecule has 8 nitrogen and oxygen atoms in total. The van der Waals surface area contributed by atoms with Gasteiger partial charge in [-0.25, -0.2) is 9.50 Å². The molecule has 174 valence electrons. The second-order valence-electron chi connectivity index (χ2n) is 8.59. The van der Waals surface area contributed by atoms with Crippen molar-refractivity contribution in [3.63, 3.8) is 0 Å². The average Bonchev–Trinajstić information content (AvgIpc) is 3.56. The molecule has 3 aromatic heterocycles. The smallest absolute Gasteiger partial charge is 0.388 e. The molecule has 1 saturated heterocycles. The number of nitrogens with one attached hydrogen (secondary N) is 1. The molecule has 1 saturated carbocycles. The van der Waals surface area contributed by atoms with E-state index in [2.05, 4.69) is 20.4 Å². The number of pyridine rings is 1. The largest absolute Gasteiger partial charge is 0.433 e. The Morgan fingerprint density at radius 2 is 2.06 bits per heavy atom.